The van der Waals surface area contributed by atoms with Gasteiger partial charge in [0.25, 0.3) is 0 Å². The Morgan fingerprint density at radius 3 is 3.28 bits per heavy atom. The molecule has 5 heteroatoms. The van der Waals surface area contributed by atoms with Crippen molar-refractivity contribution in [2.24, 2.45) is 0 Å². The first kappa shape index (κ1) is 11.5. The van der Waals surface area contributed by atoms with E-state index < -0.39 is 0 Å². The minimum absolute atomic E-state index is 0.453. The van der Waals surface area contributed by atoms with Crippen LogP contribution in [0.4, 0.5) is 0 Å². The van der Waals surface area contributed by atoms with Crippen molar-refractivity contribution in [3.8, 4) is 0 Å². The lowest BCUT2D eigenvalue weighted by molar-refractivity contribution is 0.344. The van der Waals surface area contributed by atoms with E-state index in [-0.39, 0.29) is 0 Å². The number of nitrogens with zero attached hydrogens (tertiary/aromatic N) is 3. The number of rotatable bonds is 4. The molecule has 5 nitrogen and oxygen atoms in total. The fraction of sp³-hybridized carbons (Fsp3) is 0.538. The summed E-state index contributed by atoms with van der Waals surface area (Å²) in [6.07, 6.45) is 4.73. The van der Waals surface area contributed by atoms with Gasteiger partial charge in [-0.2, -0.15) is 5.10 Å². The summed E-state index contributed by atoms with van der Waals surface area (Å²) in [6, 6.07) is 4.36. The Morgan fingerprint density at radius 2 is 2.50 bits per heavy atom. The van der Waals surface area contributed by atoms with Crippen molar-refractivity contribution in [2.75, 3.05) is 0 Å². The number of aryl methyl sites for hydroxylation is 2. The normalized spacial score (nSPS) is 18.8. The molecule has 3 heterocycles. The first-order valence-corrected chi connectivity index (χ1v) is 6.53. The molecule has 0 aliphatic carbocycles. The molecule has 0 radical (unpaired) electrons. The molecule has 2 aromatic heterocycles. The molecule has 0 unspecified atom stereocenters. The maximum atomic E-state index is 5.32. The Hall–Kier alpha value is -1.62. The molecule has 2 aromatic rings. The summed E-state index contributed by atoms with van der Waals surface area (Å²) in [4.78, 5) is 4.52. The molecule has 0 fully saturated rings. The lowest BCUT2D eigenvalue weighted by Crippen LogP contribution is -2.37. The van der Waals surface area contributed by atoms with E-state index in [0.717, 1.165) is 49.8 Å². The van der Waals surface area contributed by atoms with Gasteiger partial charge in [0, 0.05) is 18.9 Å². The molecule has 1 aliphatic rings. The summed E-state index contributed by atoms with van der Waals surface area (Å²) in [5, 5.41) is 8.02. The van der Waals surface area contributed by atoms with Gasteiger partial charge in [-0.05, 0) is 18.6 Å². The molecule has 0 saturated heterocycles. The average molecular weight is 246 g/mol. The monoisotopic (exact) mass is 246 g/mol. The van der Waals surface area contributed by atoms with E-state index in [1.807, 2.05) is 16.8 Å². The highest BCUT2D eigenvalue weighted by atomic mass is 16.3. The van der Waals surface area contributed by atoms with E-state index in [1.54, 1.807) is 6.26 Å². The van der Waals surface area contributed by atoms with Crippen molar-refractivity contribution in [1.82, 2.24) is 20.1 Å². The minimum atomic E-state index is 0.453. The quantitative estimate of drug-likeness (QED) is 0.889. The number of nitrogens with one attached hydrogen (secondary N) is 1. The third-order valence-electron chi connectivity index (χ3n) is 3.36. The summed E-state index contributed by atoms with van der Waals surface area (Å²) in [6.45, 7) is 3.78. The molecule has 18 heavy (non-hydrogen) atoms. The third-order valence-corrected chi connectivity index (χ3v) is 3.36. The topological polar surface area (TPSA) is 55.9 Å². The average Bonchev–Trinajstić information content (AvgIpc) is 3.04. The fourth-order valence-electron chi connectivity index (χ4n) is 2.34. The second-order valence-electron chi connectivity index (χ2n) is 4.68. The SMILES string of the molecule is CCc1nc2n(n1)C[C@@H](NCc1ccco1)CC2. The van der Waals surface area contributed by atoms with Crippen LogP contribution in [-0.4, -0.2) is 20.8 Å². The van der Waals surface area contributed by atoms with Gasteiger partial charge in [0.05, 0.1) is 19.4 Å². The van der Waals surface area contributed by atoms with Gasteiger partial charge in [0.2, 0.25) is 0 Å². The summed E-state index contributed by atoms with van der Waals surface area (Å²) in [5.74, 6) is 3.06. The van der Waals surface area contributed by atoms with Crippen LogP contribution >= 0.6 is 0 Å². The van der Waals surface area contributed by atoms with Crippen LogP contribution in [-0.2, 0) is 25.9 Å². The lowest BCUT2D eigenvalue weighted by atomic mass is 10.1. The minimum Gasteiger partial charge on any atom is -0.468 e. The van der Waals surface area contributed by atoms with Gasteiger partial charge in [-0.3, -0.25) is 0 Å². The number of furan rings is 1. The van der Waals surface area contributed by atoms with Crippen molar-refractivity contribution in [1.29, 1.82) is 0 Å². The van der Waals surface area contributed by atoms with Crippen LogP contribution in [0.3, 0.4) is 0 Å². The van der Waals surface area contributed by atoms with Crippen molar-refractivity contribution in [3.05, 3.63) is 35.8 Å². The maximum absolute atomic E-state index is 5.32. The molecule has 0 saturated carbocycles. The van der Waals surface area contributed by atoms with Crippen molar-refractivity contribution < 1.29 is 4.42 Å². The molecule has 0 spiro atoms. The van der Waals surface area contributed by atoms with Crippen molar-refractivity contribution >= 4 is 0 Å². The Morgan fingerprint density at radius 1 is 1.56 bits per heavy atom. The van der Waals surface area contributed by atoms with Gasteiger partial charge in [0.15, 0.2) is 5.82 Å². The van der Waals surface area contributed by atoms with Gasteiger partial charge in [-0.25, -0.2) is 9.67 Å². The summed E-state index contributed by atoms with van der Waals surface area (Å²) in [7, 11) is 0. The van der Waals surface area contributed by atoms with E-state index in [9.17, 15) is 0 Å². The van der Waals surface area contributed by atoms with Crippen molar-refractivity contribution in [2.45, 2.75) is 45.3 Å². The third kappa shape index (κ3) is 2.31. The summed E-state index contributed by atoms with van der Waals surface area (Å²) in [5.41, 5.74) is 0. The largest absolute Gasteiger partial charge is 0.468 e. The molecule has 3 rings (SSSR count). The number of hydrogen-bond donors (Lipinski definition) is 1. The first-order valence-electron chi connectivity index (χ1n) is 6.53. The highest BCUT2D eigenvalue weighted by molar-refractivity contribution is 5.00. The highest BCUT2D eigenvalue weighted by Crippen LogP contribution is 2.14. The van der Waals surface area contributed by atoms with Gasteiger partial charge in [0.1, 0.15) is 11.6 Å². The van der Waals surface area contributed by atoms with Crippen LogP contribution < -0.4 is 5.32 Å². The second-order valence-corrected chi connectivity index (χ2v) is 4.68. The van der Waals surface area contributed by atoms with Gasteiger partial charge >= 0.3 is 0 Å². The molecular weight excluding hydrogens is 228 g/mol. The Kier molecular flexibility index (Phi) is 3.15. The predicted octanol–water partition coefficient (Wildman–Crippen LogP) is 1.54. The molecule has 0 bridgehead atoms. The molecule has 1 atom stereocenters. The lowest BCUT2D eigenvalue weighted by Gasteiger charge is -2.23. The van der Waals surface area contributed by atoms with Gasteiger partial charge in [-0.1, -0.05) is 6.92 Å². The standard InChI is InChI=1S/C13H18N4O/c1-2-12-15-13-6-5-10(9-17(13)16-12)14-8-11-4-3-7-18-11/h3-4,7,10,14H,2,5-6,8-9H2,1H3/t10-/m0/s1. The number of aromatic nitrogens is 3. The van der Waals surface area contributed by atoms with Crippen LogP contribution in [0.1, 0.15) is 30.8 Å². The van der Waals surface area contributed by atoms with Crippen molar-refractivity contribution in [3.63, 3.8) is 0 Å². The van der Waals surface area contributed by atoms with Crippen LogP contribution in [0.5, 0.6) is 0 Å². The zero-order chi connectivity index (χ0) is 12.4. The van der Waals surface area contributed by atoms with Crippen LogP contribution in [0.25, 0.3) is 0 Å². The van der Waals surface area contributed by atoms with E-state index in [1.165, 1.54) is 0 Å². The van der Waals surface area contributed by atoms with E-state index in [2.05, 4.69) is 22.3 Å². The number of hydrogen-bond acceptors (Lipinski definition) is 4. The van der Waals surface area contributed by atoms with Gasteiger partial charge < -0.3 is 9.73 Å². The summed E-state index contributed by atoms with van der Waals surface area (Å²) < 4.78 is 7.36. The Balaban J connectivity index is 1.60. The van der Waals surface area contributed by atoms with Crippen LogP contribution in [0, 0.1) is 0 Å². The van der Waals surface area contributed by atoms with E-state index in [4.69, 9.17) is 4.42 Å². The molecular formula is C13H18N4O. The molecule has 1 N–H and O–H groups in total. The van der Waals surface area contributed by atoms with E-state index >= 15 is 0 Å². The Bertz CT molecular complexity index is 503. The van der Waals surface area contributed by atoms with E-state index in [0.29, 0.717) is 6.04 Å². The fourth-order valence-corrected chi connectivity index (χ4v) is 2.34. The van der Waals surface area contributed by atoms with Gasteiger partial charge in [-0.15, -0.1) is 0 Å². The zero-order valence-corrected chi connectivity index (χ0v) is 10.6. The highest BCUT2D eigenvalue weighted by Gasteiger charge is 2.20. The van der Waals surface area contributed by atoms with Crippen LogP contribution in [0.15, 0.2) is 22.8 Å². The molecule has 0 amide bonds. The number of fused-ring (bicyclic) bond motifs is 1. The molecule has 0 aromatic carbocycles. The summed E-state index contributed by atoms with van der Waals surface area (Å²) >= 11 is 0. The maximum Gasteiger partial charge on any atom is 0.150 e. The molecule has 1 aliphatic heterocycles. The second kappa shape index (κ2) is 4.94. The first-order chi connectivity index (χ1) is 8.85. The Labute approximate surface area is 106 Å². The smallest absolute Gasteiger partial charge is 0.150 e. The predicted molar refractivity (Wildman–Crippen MR) is 67.1 cm³/mol. The zero-order valence-electron chi connectivity index (χ0n) is 10.6. The molecule has 96 valence electrons. The van der Waals surface area contributed by atoms with Crippen LogP contribution in [0.2, 0.25) is 0 Å².